The van der Waals surface area contributed by atoms with Crippen LogP contribution in [0.15, 0.2) is 12.2 Å². The summed E-state index contributed by atoms with van der Waals surface area (Å²) in [6.45, 7) is 6.66. The quantitative estimate of drug-likeness (QED) is 0.184. The van der Waals surface area contributed by atoms with Gasteiger partial charge in [-0.1, -0.05) is 26.0 Å². The van der Waals surface area contributed by atoms with E-state index in [9.17, 15) is 9.59 Å². The van der Waals surface area contributed by atoms with Crippen LogP contribution in [-0.4, -0.2) is 37.6 Å². The van der Waals surface area contributed by atoms with Gasteiger partial charge in [-0.3, -0.25) is 4.79 Å². The van der Waals surface area contributed by atoms with E-state index in [2.05, 4.69) is 17.4 Å². The Labute approximate surface area is 148 Å². The van der Waals surface area contributed by atoms with Gasteiger partial charge in [-0.15, -0.1) is 0 Å². The second kappa shape index (κ2) is 13.3. The topological polar surface area (TPSA) is 98.2 Å². The molecule has 0 aliphatic rings. The summed E-state index contributed by atoms with van der Waals surface area (Å²) in [6.07, 6.45) is 10.7. The van der Waals surface area contributed by atoms with E-state index in [-0.39, 0.29) is 12.1 Å². The average Bonchev–Trinajstić information content (AvgIpc) is 2.53. The molecule has 2 atom stereocenters. The lowest BCUT2D eigenvalue weighted by Gasteiger charge is -2.24. The van der Waals surface area contributed by atoms with Gasteiger partial charge in [-0.2, -0.15) is 0 Å². The lowest BCUT2D eigenvalue weighted by atomic mass is 9.79. The minimum absolute atomic E-state index is 0.00675. The maximum Gasteiger partial charge on any atom is 0.214 e. The Balaban J connectivity index is 4.03. The van der Waals surface area contributed by atoms with E-state index in [4.69, 9.17) is 11.5 Å². The third-order valence-electron chi connectivity index (χ3n) is 3.94. The van der Waals surface area contributed by atoms with E-state index in [1.54, 1.807) is 7.41 Å². The van der Waals surface area contributed by atoms with E-state index in [0.29, 0.717) is 18.9 Å². The molecule has 0 saturated heterocycles. The van der Waals surface area contributed by atoms with Crippen molar-refractivity contribution in [1.82, 2.24) is 5.23 Å². The summed E-state index contributed by atoms with van der Waals surface area (Å²) in [7, 11) is 1.67. The first kappa shape index (κ1) is 23.0. The highest BCUT2D eigenvalue weighted by molar-refractivity contribution is 6.39. The van der Waals surface area contributed by atoms with Gasteiger partial charge >= 0.3 is 0 Å². The predicted octanol–water partition coefficient (Wildman–Crippen LogP) is 1.98. The van der Waals surface area contributed by atoms with E-state index >= 15 is 0 Å². The third-order valence-corrected chi connectivity index (χ3v) is 3.94. The standard InChI is InChI=1S/C18H35BN3O2/c1-15(2)12-16(21)17(24)13-19-22-18(3,14-23)10-8-6-4-5-7-9-11-20/h4-5,14-16,22H,6-13,20-21H2,1-3H3/b5-4-/t16-,18-/m0/s1. The third kappa shape index (κ3) is 11.5. The number of hydrogen-bond donors (Lipinski definition) is 3. The number of ketones is 1. The second-order valence-electron chi connectivity index (χ2n) is 7.08. The molecule has 0 aromatic carbocycles. The van der Waals surface area contributed by atoms with Crippen LogP contribution in [0.25, 0.3) is 0 Å². The number of carbonyl (C=O) groups is 2. The van der Waals surface area contributed by atoms with Gasteiger partial charge < -0.3 is 21.5 Å². The summed E-state index contributed by atoms with van der Waals surface area (Å²) in [4.78, 5) is 23.3. The molecule has 0 rings (SSSR count). The van der Waals surface area contributed by atoms with Crippen LogP contribution < -0.4 is 16.7 Å². The highest BCUT2D eigenvalue weighted by atomic mass is 16.1. The molecule has 6 heteroatoms. The first-order chi connectivity index (χ1) is 11.3. The number of allylic oxidation sites excluding steroid dienone is 2. The first-order valence-electron chi connectivity index (χ1n) is 9.03. The van der Waals surface area contributed by atoms with Crippen molar-refractivity contribution >= 4 is 19.5 Å². The van der Waals surface area contributed by atoms with E-state index in [1.807, 2.05) is 20.8 Å². The fourth-order valence-electron chi connectivity index (χ4n) is 2.40. The summed E-state index contributed by atoms with van der Waals surface area (Å²) in [5.41, 5.74) is 10.7. The molecule has 24 heavy (non-hydrogen) atoms. The number of nitrogens with one attached hydrogen (secondary N) is 1. The van der Waals surface area contributed by atoms with Gasteiger partial charge in [0.1, 0.15) is 12.1 Å². The van der Waals surface area contributed by atoms with Crippen molar-refractivity contribution < 1.29 is 9.59 Å². The van der Waals surface area contributed by atoms with Gasteiger partial charge in [0.05, 0.1) is 11.6 Å². The Morgan fingerprint density at radius 1 is 1.25 bits per heavy atom. The fourth-order valence-corrected chi connectivity index (χ4v) is 2.40. The molecular weight excluding hydrogens is 301 g/mol. The molecule has 0 aromatic heterocycles. The van der Waals surface area contributed by atoms with Crippen LogP contribution in [0.5, 0.6) is 0 Å². The normalized spacial score (nSPS) is 15.4. The zero-order chi connectivity index (χ0) is 18.4. The van der Waals surface area contributed by atoms with Crippen LogP contribution in [0.1, 0.15) is 59.3 Å². The SMILES string of the molecule is CC(C)C[C@H](N)C(=O)C[B]N[C@](C)(C=O)CCC/C=C\CCCN. The summed E-state index contributed by atoms with van der Waals surface area (Å²) >= 11 is 0. The van der Waals surface area contributed by atoms with Crippen LogP contribution in [0.2, 0.25) is 6.32 Å². The number of rotatable bonds is 15. The van der Waals surface area contributed by atoms with Gasteiger partial charge in [0.25, 0.3) is 0 Å². The predicted molar refractivity (Wildman–Crippen MR) is 102 cm³/mol. The van der Waals surface area contributed by atoms with Crippen LogP contribution in [0.4, 0.5) is 0 Å². The number of Topliss-reactive ketones (excluding diaryl/α,β-unsaturated/α-hetero) is 1. The molecule has 0 aromatic rings. The lowest BCUT2D eigenvalue weighted by molar-refractivity contribution is -0.118. The smallest absolute Gasteiger partial charge is 0.214 e. The molecule has 0 fully saturated rings. The van der Waals surface area contributed by atoms with Crippen molar-refractivity contribution in [2.45, 2.75) is 77.2 Å². The van der Waals surface area contributed by atoms with Gasteiger partial charge in [-0.05, 0) is 64.2 Å². The zero-order valence-electron chi connectivity index (χ0n) is 15.6. The minimum atomic E-state index is -0.631. The molecule has 5 N–H and O–H groups in total. The van der Waals surface area contributed by atoms with Crippen LogP contribution in [0.3, 0.4) is 0 Å². The van der Waals surface area contributed by atoms with E-state index in [0.717, 1.165) is 38.4 Å². The number of unbranched alkanes of at least 4 members (excludes halogenated alkanes) is 2. The summed E-state index contributed by atoms with van der Waals surface area (Å²) in [6, 6.07) is -0.427. The van der Waals surface area contributed by atoms with Crippen LogP contribution >= 0.6 is 0 Å². The number of aldehydes is 1. The van der Waals surface area contributed by atoms with Crippen molar-refractivity contribution in [2.75, 3.05) is 6.54 Å². The molecule has 1 radical (unpaired) electrons. The van der Waals surface area contributed by atoms with Crippen LogP contribution in [-0.2, 0) is 9.59 Å². The van der Waals surface area contributed by atoms with E-state index < -0.39 is 11.6 Å². The highest BCUT2D eigenvalue weighted by Gasteiger charge is 2.23. The summed E-state index contributed by atoms with van der Waals surface area (Å²) in [5, 5.41) is 3.09. The summed E-state index contributed by atoms with van der Waals surface area (Å²) < 4.78 is 0. The van der Waals surface area contributed by atoms with Gasteiger partial charge in [0.2, 0.25) is 7.41 Å². The maximum absolute atomic E-state index is 11.9. The van der Waals surface area contributed by atoms with Crippen molar-refractivity contribution in [3.8, 4) is 0 Å². The molecule has 0 spiro atoms. The number of carbonyl (C=O) groups excluding carboxylic acids is 2. The molecule has 0 unspecified atom stereocenters. The van der Waals surface area contributed by atoms with E-state index in [1.165, 1.54) is 0 Å². The van der Waals surface area contributed by atoms with Crippen molar-refractivity contribution in [3.05, 3.63) is 12.2 Å². The van der Waals surface area contributed by atoms with Crippen molar-refractivity contribution in [2.24, 2.45) is 17.4 Å². The molecule has 0 bridgehead atoms. The Morgan fingerprint density at radius 3 is 2.42 bits per heavy atom. The monoisotopic (exact) mass is 336 g/mol. The Morgan fingerprint density at radius 2 is 1.88 bits per heavy atom. The summed E-state index contributed by atoms with van der Waals surface area (Å²) in [5.74, 6) is 0.405. The second-order valence-corrected chi connectivity index (χ2v) is 7.08. The molecule has 137 valence electrons. The number of hydrogen-bond acceptors (Lipinski definition) is 5. The Hall–Kier alpha value is -0.975. The lowest BCUT2D eigenvalue weighted by Crippen LogP contribution is -2.47. The molecule has 0 aliphatic heterocycles. The van der Waals surface area contributed by atoms with Gasteiger partial charge in [0.15, 0.2) is 0 Å². The van der Waals surface area contributed by atoms with Gasteiger partial charge in [-0.25, -0.2) is 0 Å². The van der Waals surface area contributed by atoms with Crippen molar-refractivity contribution in [1.29, 1.82) is 0 Å². The number of nitrogens with two attached hydrogens (primary N) is 2. The molecule has 0 heterocycles. The molecular formula is C18H35BN3O2. The average molecular weight is 336 g/mol. The van der Waals surface area contributed by atoms with Crippen molar-refractivity contribution in [3.63, 3.8) is 0 Å². The molecule has 5 nitrogen and oxygen atoms in total. The zero-order valence-corrected chi connectivity index (χ0v) is 15.6. The largest absolute Gasteiger partial charge is 0.349 e. The fraction of sp³-hybridized carbons (Fsp3) is 0.778. The molecule has 0 aliphatic carbocycles. The maximum atomic E-state index is 11.9. The highest BCUT2D eigenvalue weighted by Crippen LogP contribution is 2.12. The van der Waals surface area contributed by atoms with Crippen LogP contribution in [0, 0.1) is 5.92 Å². The first-order valence-corrected chi connectivity index (χ1v) is 9.03. The molecule has 0 amide bonds. The van der Waals surface area contributed by atoms with Gasteiger partial charge in [0, 0.05) is 0 Å². The minimum Gasteiger partial charge on any atom is -0.349 e. The Bertz CT molecular complexity index is 388. The molecule has 0 saturated carbocycles. The Kier molecular flexibility index (Phi) is 12.8.